The second-order valence-corrected chi connectivity index (χ2v) is 19.6. The predicted octanol–water partition coefficient (Wildman–Crippen LogP) is 6.71. The summed E-state index contributed by atoms with van der Waals surface area (Å²) in [6.07, 6.45) is 12.5. The molecule has 15 rings (SSSR count). The number of fused-ring (bicyclic) bond motifs is 10. The van der Waals surface area contributed by atoms with Crippen molar-refractivity contribution in [1.82, 2.24) is 19.1 Å². The quantitative estimate of drug-likeness (QED) is 0.111. The van der Waals surface area contributed by atoms with Gasteiger partial charge in [-0.1, -0.05) is 125 Å². The summed E-state index contributed by atoms with van der Waals surface area (Å²) in [5.74, 6) is 4.05. The molecule has 4 aliphatic rings. The Balaban J connectivity index is 0.818. The first kappa shape index (κ1) is 37.5. The SMILES string of the molecule is C[n+]1[c-]n(-c2ccc3c(c2)B2c4cc(-c5coc(-c6ccc7c(c6)B6c8cc(-n9[c-][n+](C)c%10cccnc%109)ccc8Sc8cccc(c86)S7)c5)ccc4Oc4cccc(c42)O3)c2ncccc21. The highest BCUT2D eigenvalue weighted by molar-refractivity contribution is 8.01. The standard InChI is InChI=1S/C54H32B2N6O3S2/c1-59-29-61(53-40(59)7-5-21-57-53)34-15-18-43-37(26-34)55-36-23-31(13-17-42(36)64-44-9-3-10-45(65-43)51(44)55)33-25-46(63-28-33)32-14-19-47-38(24-32)56-39-27-35(62-30-60(2)41-8-6-22-58-54(41)62)16-20-48(39)67-50-12-4-11-49(66-47)52(50)56/h3-28H,1-2H3. The molecule has 0 saturated heterocycles. The molecule has 0 N–H and O–H groups in total. The summed E-state index contributed by atoms with van der Waals surface area (Å²) in [5, 5.41) is 0. The van der Waals surface area contributed by atoms with Crippen LogP contribution in [0.5, 0.6) is 23.0 Å². The molecule has 9 nitrogen and oxygen atoms in total. The number of rotatable bonds is 4. The number of nitrogens with zero attached hydrogens (tertiary/aromatic N) is 6. The highest BCUT2D eigenvalue weighted by atomic mass is 32.2. The van der Waals surface area contributed by atoms with Crippen LogP contribution in [0.15, 0.2) is 182 Å². The zero-order chi connectivity index (χ0) is 44.1. The minimum Gasteiger partial charge on any atom is -0.464 e. The third-order valence-electron chi connectivity index (χ3n) is 13.7. The van der Waals surface area contributed by atoms with Gasteiger partial charge in [-0.2, -0.15) is 0 Å². The Bertz CT molecular complexity index is 3690. The van der Waals surface area contributed by atoms with Gasteiger partial charge in [-0.05, 0) is 70.5 Å². The molecule has 6 aromatic carbocycles. The van der Waals surface area contributed by atoms with Crippen molar-refractivity contribution in [3.63, 3.8) is 0 Å². The summed E-state index contributed by atoms with van der Waals surface area (Å²) in [6.45, 7) is -0.0920. The van der Waals surface area contributed by atoms with E-state index < -0.39 is 0 Å². The monoisotopic (exact) mass is 898 g/mol. The van der Waals surface area contributed by atoms with Gasteiger partial charge in [0.2, 0.25) is 19.4 Å². The third kappa shape index (κ3) is 5.49. The zero-order valence-corrected chi connectivity index (χ0v) is 37.5. The molecule has 67 heavy (non-hydrogen) atoms. The van der Waals surface area contributed by atoms with Crippen molar-refractivity contribution >= 4 is 92.1 Å². The van der Waals surface area contributed by atoms with E-state index in [9.17, 15) is 0 Å². The lowest BCUT2D eigenvalue weighted by Gasteiger charge is -2.33. The van der Waals surface area contributed by atoms with E-state index in [1.807, 2.05) is 100 Å². The summed E-state index contributed by atoms with van der Waals surface area (Å²) in [5.41, 5.74) is 15.9. The summed E-state index contributed by atoms with van der Waals surface area (Å²) in [6, 6.07) is 49.4. The number of hydrogen-bond acceptors (Lipinski definition) is 7. The van der Waals surface area contributed by atoms with Gasteiger partial charge < -0.3 is 32.2 Å². The molecule has 0 fully saturated rings. The molecule has 0 spiro atoms. The van der Waals surface area contributed by atoms with E-state index >= 15 is 0 Å². The van der Waals surface area contributed by atoms with Gasteiger partial charge in [0.15, 0.2) is 0 Å². The number of ether oxygens (including phenoxy) is 2. The van der Waals surface area contributed by atoms with Crippen molar-refractivity contribution in [2.24, 2.45) is 14.1 Å². The molecule has 0 saturated carbocycles. The number of furan rings is 1. The average Bonchev–Trinajstić information content (AvgIpc) is 4.09. The first-order valence-corrected chi connectivity index (χ1v) is 23.7. The molecule has 0 bridgehead atoms. The molecule has 0 atom stereocenters. The average molecular weight is 899 g/mol. The van der Waals surface area contributed by atoms with Gasteiger partial charge in [0, 0.05) is 48.6 Å². The first-order chi connectivity index (χ1) is 33.0. The number of pyridine rings is 2. The molecule has 0 radical (unpaired) electrons. The Kier molecular flexibility index (Phi) is 7.78. The minimum absolute atomic E-state index is 0.0426. The van der Waals surface area contributed by atoms with Crippen molar-refractivity contribution < 1.29 is 23.0 Å². The summed E-state index contributed by atoms with van der Waals surface area (Å²) in [7, 11) is 4.01. The Labute approximate surface area is 393 Å². The van der Waals surface area contributed by atoms with E-state index in [2.05, 4.69) is 126 Å². The van der Waals surface area contributed by atoms with E-state index in [1.165, 1.54) is 36.0 Å². The van der Waals surface area contributed by atoms with Crippen LogP contribution < -0.4 is 51.4 Å². The lowest BCUT2D eigenvalue weighted by atomic mass is 9.34. The maximum absolute atomic E-state index is 6.63. The van der Waals surface area contributed by atoms with Crippen LogP contribution in [0, 0.1) is 12.7 Å². The molecular formula is C54H32B2N6O3S2. The summed E-state index contributed by atoms with van der Waals surface area (Å²) in [4.78, 5) is 14.6. The van der Waals surface area contributed by atoms with Crippen molar-refractivity contribution in [3.05, 3.63) is 171 Å². The smallest absolute Gasteiger partial charge is 0.259 e. The third-order valence-corrected chi connectivity index (χ3v) is 16.0. The molecule has 314 valence electrons. The van der Waals surface area contributed by atoms with Crippen molar-refractivity contribution in [3.8, 4) is 56.8 Å². The fourth-order valence-electron chi connectivity index (χ4n) is 10.6. The molecule has 11 aromatic rings. The number of imidazole rings is 2. The summed E-state index contributed by atoms with van der Waals surface area (Å²) < 4.78 is 27.8. The van der Waals surface area contributed by atoms with Crippen LogP contribution in [0.4, 0.5) is 0 Å². The molecule has 9 heterocycles. The Morgan fingerprint density at radius 1 is 0.493 bits per heavy atom. The van der Waals surface area contributed by atoms with Crippen LogP contribution >= 0.6 is 23.5 Å². The van der Waals surface area contributed by atoms with Crippen molar-refractivity contribution in [2.75, 3.05) is 0 Å². The van der Waals surface area contributed by atoms with Gasteiger partial charge in [0.05, 0.1) is 42.8 Å². The first-order valence-electron chi connectivity index (χ1n) is 22.1. The number of aryl methyl sites for hydroxylation is 2. The van der Waals surface area contributed by atoms with E-state index in [0.717, 1.165) is 95.5 Å². The molecule has 5 aromatic heterocycles. The van der Waals surface area contributed by atoms with E-state index in [0.29, 0.717) is 0 Å². The van der Waals surface area contributed by atoms with Crippen LogP contribution in [-0.2, 0) is 14.1 Å². The van der Waals surface area contributed by atoms with Gasteiger partial charge in [0.1, 0.15) is 40.1 Å². The Morgan fingerprint density at radius 3 is 1.75 bits per heavy atom. The molecular weight excluding hydrogens is 866 g/mol. The van der Waals surface area contributed by atoms with Gasteiger partial charge in [0.25, 0.3) is 6.71 Å². The van der Waals surface area contributed by atoms with Crippen molar-refractivity contribution in [1.29, 1.82) is 0 Å². The lowest BCUT2D eigenvalue weighted by molar-refractivity contribution is -0.649. The van der Waals surface area contributed by atoms with Crippen LogP contribution in [0.25, 0.3) is 56.2 Å². The number of aromatic nitrogens is 6. The maximum atomic E-state index is 6.63. The fourth-order valence-corrected chi connectivity index (χ4v) is 13.0. The molecule has 4 aliphatic heterocycles. The zero-order valence-electron chi connectivity index (χ0n) is 35.9. The topological polar surface area (TPSA) is 75.0 Å². The Morgan fingerprint density at radius 2 is 1.04 bits per heavy atom. The highest BCUT2D eigenvalue weighted by Gasteiger charge is 2.41. The maximum Gasteiger partial charge on any atom is 0.259 e. The van der Waals surface area contributed by atoms with Gasteiger partial charge in [-0.25, -0.2) is 0 Å². The normalized spacial score (nSPS) is 13.6. The predicted molar refractivity (Wildman–Crippen MR) is 262 cm³/mol. The second kappa shape index (κ2) is 13.9. The molecule has 0 aliphatic carbocycles. The lowest BCUT2D eigenvalue weighted by Crippen LogP contribution is -2.58. The second-order valence-electron chi connectivity index (χ2n) is 17.4. The van der Waals surface area contributed by atoms with E-state index in [4.69, 9.17) is 23.9 Å². The molecule has 0 amide bonds. The van der Waals surface area contributed by atoms with Crippen LogP contribution in [0.3, 0.4) is 0 Å². The molecule has 13 heteroatoms. The summed E-state index contributed by atoms with van der Waals surface area (Å²) >= 11 is 3.71. The van der Waals surface area contributed by atoms with Crippen LogP contribution in [0.2, 0.25) is 0 Å². The van der Waals surface area contributed by atoms with E-state index in [-0.39, 0.29) is 13.4 Å². The highest BCUT2D eigenvalue weighted by Crippen LogP contribution is 2.41. The van der Waals surface area contributed by atoms with Crippen molar-refractivity contribution in [2.45, 2.75) is 19.6 Å². The van der Waals surface area contributed by atoms with Gasteiger partial charge in [-0.3, -0.25) is 9.97 Å². The fraction of sp³-hybridized carbons (Fsp3) is 0.0370. The largest absolute Gasteiger partial charge is 0.464 e. The molecule has 0 unspecified atom stereocenters. The number of hydrogen-bond donors (Lipinski definition) is 0. The van der Waals surface area contributed by atoms with Gasteiger partial charge in [-0.15, -0.1) is 0 Å². The van der Waals surface area contributed by atoms with E-state index in [1.54, 1.807) is 0 Å². The minimum atomic E-state index is -0.135. The van der Waals surface area contributed by atoms with Gasteiger partial charge >= 0.3 is 0 Å². The number of benzene rings is 6. The van der Waals surface area contributed by atoms with Crippen LogP contribution in [0.1, 0.15) is 0 Å². The van der Waals surface area contributed by atoms with Crippen LogP contribution in [-0.4, -0.2) is 32.5 Å². The Hall–Kier alpha value is -7.73.